The van der Waals surface area contributed by atoms with E-state index in [0.29, 0.717) is 12.0 Å². The summed E-state index contributed by atoms with van der Waals surface area (Å²) in [5.74, 6) is 1.48. The van der Waals surface area contributed by atoms with Gasteiger partial charge in [-0.25, -0.2) is 0 Å². The van der Waals surface area contributed by atoms with Gasteiger partial charge in [0.1, 0.15) is 0 Å². The molecule has 14 heavy (non-hydrogen) atoms. The van der Waals surface area contributed by atoms with E-state index in [0.717, 1.165) is 31.6 Å². The molecule has 2 nitrogen and oxygen atoms in total. The Balaban J connectivity index is 2.17. The van der Waals surface area contributed by atoms with E-state index in [9.17, 15) is 5.11 Å². The Morgan fingerprint density at radius 2 is 1.79 bits per heavy atom. The van der Waals surface area contributed by atoms with Crippen LogP contribution in [0.4, 0.5) is 0 Å². The molecule has 1 aliphatic carbocycles. The number of aliphatic hydroxyl groups is 1. The minimum atomic E-state index is -0.0347. The summed E-state index contributed by atoms with van der Waals surface area (Å²) in [5, 5.41) is 9.38. The Hall–Kier alpha value is -0.0800. The molecule has 0 amide bonds. The predicted molar refractivity (Wildman–Crippen MR) is 60.0 cm³/mol. The first-order valence-electron chi connectivity index (χ1n) is 6.01. The fraction of sp³-hybridized carbons (Fsp3) is 1.00. The normalized spacial score (nSPS) is 30.6. The molecule has 1 saturated carbocycles. The van der Waals surface area contributed by atoms with Gasteiger partial charge in [0.25, 0.3) is 0 Å². The van der Waals surface area contributed by atoms with Crippen molar-refractivity contribution in [3.8, 4) is 0 Å². The summed E-state index contributed by atoms with van der Waals surface area (Å²) in [4.78, 5) is 0. The largest absolute Gasteiger partial charge is 0.393 e. The molecule has 0 radical (unpaired) electrons. The number of hydrogen-bond donors (Lipinski definition) is 2. The van der Waals surface area contributed by atoms with Gasteiger partial charge in [-0.05, 0) is 50.4 Å². The van der Waals surface area contributed by atoms with Crippen LogP contribution in [-0.4, -0.2) is 17.3 Å². The number of rotatable bonds is 4. The number of nitrogens with two attached hydrogens (primary N) is 1. The van der Waals surface area contributed by atoms with Crippen molar-refractivity contribution in [1.82, 2.24) is 0 Å². The third-order valence-electron chi connectivity index (χ3n) is 3.23. The van der Waals surface area contributed by atoms with E-state index in [1.807, 2.05) is 0 Å². The van der Waals surface area contributed by atoms with Gasteiger partial charge in [0.15, 0.2) is 0 Å². The Morgan fingerprint density at radius 3 is 2.29 bits per heavy atom. The maximum atomic E-state index is 9.38. The molecule has 0 aliphatic heterocycles. The molecule has 0 heterocycles. The van der Waals surface area contributed by atoms with E-state index in [1.165, 1.54) is 12.8 Å². The lowest BCUT2D eigenvalue weighted by molar-refractivity contribution is 0.104. The highest BCUT2D eigenvalue weighted by Gasteiger charge is 2.21. The molecular weight excluding hydrogens is 174 g/mol. The highest BCUT2D eigenvalue weighted by molar-refractivity contribution is 4.76. The summed E-state index contributed by atoms with van der Waals surface area (Å²) >= 11 is 0. The van der Waals surface area contributed by atoms with Gasteiger partial charge in [0.05, 0.1) is 6.10 Å². The summed E-state index contributed by atoms with van der Waals surface area (Å²) in [6.45, 7) is 4.45. The highest BCUT2D eigenvalue weighted by Crippen LogP contribution is 2.28. The molecule has 3 N–H and O–H groups in total. The summed E-state index contributed by atoms with van der Waals surface area (Å²) in [7, 11) is 0. The Kier molecular flexibility index (Phi) is 4.90. The summed E-state index contributed by atoms with van der Waals surface area (Å²) in [6.07, 6.45) is 6.58. The molecule has 0 spiro atoms. The third kappa shape index (κ3) is 4.43. The van der Waals surface area contributed by atoms with Gasteiger partial charge in [-0.15, -0.1) is 0 Å². The van der Waals surface area contributed by atoms with Crippen molar-refractivity contribution in [1.29, 1.82) is 0 Å². The Labute approximate surface area is 87.9 Å². The van der Waals surface area contributed by atoms with Crippen LogP contribution in [0, 0.1) is 11.8 Å². The van der Waals surface area contributed by atoms with Crippen molar-refractivity contribution in [2.45, 2.75) is 64.5 Å². The third-order valence-corrected chi connectivity index (χ3v) is 3.23. The van der Waals surface area contributed by atoms with Crippen LogP contribution in [0.5, 0.6) is 0 Å². The zero-order valence-electron chi connectivity index (χ0n) is 9.58. The summed E-state index contributed by atoms with van der Waals surface area (Å²) in [5.41, 5.74) is 6.08. The van der Waals surface area contributed by atoms with Gasteiger partial charge in [0, 0.05) is 6.04 Å². The molecule has 0 aromatic rings. The molecule has 1 rings (SSSR count). The standard InChI is InChI=1S/C12H25NO/c1-9(2)7-11(13)8-10-3-5-12(14)6-4-10/h9-12,14H,3-8,13H2,1-2H3/t10-,11-,12+/m1/s1. The first-order chi connectivity index (χ1) is 6.58. The van der Waals surface area contributed by atoms with Gasteiger partial charge in [-0.1, -0.05) is 13.8 Å². The highest BCUT2D eigenvalue weighted by atomic mass is 16.3. The predicted octanol–water partition coefficient (Wildman–Crippen LogP) is 2.30. The second kappa shape index (κ2) is 5.72. The zero-order chi connectivity index (χ0) is 10.6. The van der Waals surface area contributed by atoms with Crippen LogP contribution in [0.3, 0.4) is 0 Å². The molecule has 1 aliphatic rings. The molecule has 0 saturated heterocycles. The van der Waals surface area contributed by atoms with E-state index in [2.05, 4.69) is 13.8 Å². The van der Waals surface area contributed by atoms with Crippen molar-refractivity contribution in [2.75, 3.05) is 0 Å². The lowest BCUT2D eigenvalue weighted by Crippen LogP contribution is -2.28. The molecule has 0 bridgehead atoms. The Morgan fingerprint density at radius 1 is 1.21 bits per heavy atom. The van der Waals surface area contributed by atoms with Gasteiger partial charge in [-0.2, -0.15) is 0 Å². The van der Waals surface area contributed by atoms with E-state index < -0.39 is 0 Å². The SMILES string of the molecule is CC(C)C[C@@H](N)C[C@H]1CC[C@@H](O)CC1. The first kappa shape index (κ1) is 12.0. The van der Waals surface area contributed by atoms with Crippen LogP contribution in [0.2, 0.25) is 0 Å². The molecule has 0 unspecified atom stereocenters. The average molecular weight is 199 g/mol. The topological polar surface area (TPSA) is 46.2 Å². The van der Waals surface area contributed by atoms with Gasteiger partial charge in [-0.3, -0.25) is 0 Å². The van der Waals surface area contributed by atoms with E-state index in [-0.39, 0.29) is 6.10 Å². The van der Waals surface area contributed by atoms with Crippen LogP contribution < -0.4 is 5.73 Å². The smallest absolute Gasteiger partial charge is 0.0540 e. The molecule has 0 aromatic carbocycles. The van der Waals surface area contributed by atoms with Crippen molar-refractivity contribution in [2.24, 2.45) is 17.6 Å². The molecule has 84 valence electrons. The zero-order valence-corrected chi connectivity index (χ0v) is 9.58. The second-order valence-electron chi connectivity index (χ2n) is 5.30. The lowest BCUT2D eigenvalue weighted by atomic mass is 9.82. The summed E-state index contributed by atoms with van der Waals surface area (Å²) in [6, 6.07) is 0.371. The second-order valence-corrected chi connectivity index (χ2v) is 5.30. The number of aliphatic hydroxyl groups excluding tert-OH is 1. The molecule has 2 heteroatoms. The van der Waals surface area contributed by atoms with E-state index in [4.69, 9.17) is 5.73 Å². The molecule has 1 fully saturated rings. The van der Waals surface area contributed by atoms with Crippen LogP contribution in [0.25, 0.3) is 0 Å². The fourth-order valence-electron chi connectivity index (χ4n) is 2.51. The monoisotopic (exact) mass is 199 g/mol. The Bertz CT molecular complexity index is 150. The van der Waals surface area contributed by atoms with Crippen molar-refractivity contribution >= 4 is 0 Å². The summed E-state index contributed by atoms with van der Waals surface area (Å²) < 4.78 is 0. The van der Waals surface area contributed by atoms with Gasteiger partial charge < -0.3 is 10.8 Å². The molecule has 0 aromatic heterocycles. The molecular formula is C12H25NO. The van der Waals surface area contributed by atoms with Crippen LogP contribution in [0.1, 0.15) is 52.4 Å². The maximum absolute atomic E-state index is 9.38. The van der Waals surface area contributed by atoms with E-state index in [1.54, 1.807) is 0 Å². The molecule has 1 atom stereocenters. The number of hydrogen-bond acceptors (Lipinski definition) is 2. The maximum Gasteiger partial charge on any atom is 0.0540 e. The quantitative estimate of drug-likeness (QED) is 0.730. The van der Waals surface area contributed by atoms with E-state index >= 15 is 0 Å². The first-order valence-corrected chi connectivity index (χ1v) is 6.01. The lowest BCUT2D eigenvalue weighted by Gasteiger charge is -2.27. The van der Waals surface area contributed by atoms with Crippen LogP contribution in [0.15, 0.2) is 0 Å². The van der Waals surface area contributed by atoms with Crippen molar-refractivity contribution < 1.29 is 5.11 Å². The fourth-order valence-corrected chi connectivity index (χ4v) is 2.51. The van der Waals surface area contributed by atoms with Gasteiger partial charge >= 0.3 is 0 Å². The minimum absolute atomic E-state index is 0.0347. The van der Waals surface area contributed by atoms with Crippen LogP contribution in [-0.2, 0) is 0 Å². The van der Waals surface area contributed by atoms with Crippen molar-refractivity contribution in [3.05, 3.63) is 0 Å². The minimum Gasteiger partial charge on any atom is -0.393 e. The van der Waals surface area contributed by atoms with Crippen LogP contribution >= 0.6 is 0 Å². The van der Waals surface area contributed by atoms with Crippen molar-refractivity contribution in [3.63, 3.8) is 0 Å². The van der Waals surface area contributed by atoms with Gasteiger partial charge in [0.2, 0.25) is 0 Å². The average Bonchev–Trinajstić information content (AvgIpc) is 2.07.